The Hall–Kier alpha value is -2.21. The summed E-state index contributed by atoms with van der Waals surface area (Å²) >= 11 is 0. The summed E-state index contributed by atoms with van der Waals surface area (Å²) in [5.41, 5.74) is 0.379. The molecule has 0 saturated heterocycles. The van der Waals surface area contributed by atoms with E-state index in [0.29, 0.717) is 30.5 Å². The zero-order chi connectivity index (χ0) is 13.5. The van der Waals surface area contributed by atoms with Gasteiger partial charge in [-0.05, 0) is 12.1 Å². The number of nitrogens with zero attached hydrogens (tertiary/aromatic N) is 2. The number of halogens is 1. The van der Waals surface area contributed by atoms with Crippen LogP contribution in [0.5, 0.6) is 0 Å². The third kappa shape index (κ3) is 3.89. The van der Waals surface area contributed by atoms with Crippen LogP contribution in [0.15, 0.2) is 36.7 Å². The monoisotopic (exact) mass is 262 g/mol. The van der Waals surface area contributed by atoms with Crippen molar-refractivity contribution in [2.75, 3.05) is 30.9 Å². The highest BCUT2D eigenvalue weighted by molar-refractivity contribution is 5.59. The van der Waals surface area contributed by atoms with Crippen LogP contribution < -0.4 is 10.6 Å². The predicted octanol–water partition coefficient (Wildman–Crippen LogP) is 2.42. The molecule has 2 N–H and O–H groups in total. The molecule has 0 radical (unpaired) electrons. The van der Waals surface area contributed by atoms with Crippen molar-refractivity contribution in [3.05, 3.63) is 42.5 Å². The second-order valence-electron chi connectivity index (χ2n) is 3.81. The van der Waals surface area contributed by atoms with Gasteiger partial charge in [-0.1, -0.05) is 12.1 Å². The van der Waals surface area contributed by atoms with Gasteiger partial charge in [-0.2, -0.15) is 0 Å². The van der Waals surface area contributed by atoms with Gasteiger partial charge in [0.2, 0.25) is 0 Å². The number of hydrogen-bond donors (Lipinski definition) is 2. The molecule has 0 bridgehead atoms. The molecule has 1 aromatic heterocycles. The minimum atomic E-state index is -0.324. The van der Waals surface area contributed by atoms with Gasteiger partial charge in [0.1, 0.15) is 23.8 Å². The number of benzene rings is 1. The van der Waals surface area contributed by atoms with E-state index in [0.717, 1.165) is 0 Å². The van der Waals surface area contributed by atoms with Gasteiger partial charge in [0, 0.05) is 19.7 Å². The van der Waals surface area contributed by atoms with Gasteiger partial charge >= 0.3 is 0 Å². The van der Waals surface area contributed by atoms with Crippen LogP contribution in [0.2, 0.25) is 0 Å². The quantitative estimate of drug-likeness (QED) is 0.783. The van der Waals surface area contributed by atoms with Crippen LogP contribution >= 0.6 is 0 Å². The van der Waals surface area contributed by atoms with E-state index in [1.165, 1.54) is 12.4 Å². The largest absolute Gasteiger partial charge is 0.383 e. The van der Waals surface area contributed by atoms with Crippen molar-refractivity contribution in [2.24, 2.45) is 0 Å². The molecule has 1 heterocycles. The summed E-state index contributed by atoms with van der Waals surface area (Å²) in [7, 11) is 1.63. The highest BCUT2D eigenvalue weighted by atomic mass is 19.1. The fourth-order valence-electron chi connectivity index (χ4n) is 1.50. The van der Waals surface area contributed by atoms with Gasteiger partial charge in [-0.3, -0.25) is 0 Å². The van der Waals surface area contributed by atoms with E-state index in [1.807, 2.05) is 0 Å². The van der Waals surface area contributed by atoms with Crippen molar-refractivity contribution >= 4 is 17.3 Å². The minimum Gasteiger partial charge on any atom is -0.383 e. The average molecular weight is 262 g/mol. The smallest absolute Gasteiger partial charge is 0.146 e. The Morgan fingerprint density at radius 2 is 2.00 bits per heavy atom. The highest BCUT2D eigenvalue weighted by Crippen LogP contribution is 2.18. The Labute approximate surface area is 110 Å². The van der Waals surface area contributed by atoms with Crippen LogP contribution in [0.4, 0.5) is 21.7 Å². The topological polar surface area (TPSA) is 59.1 Å². The number of ether oxygens (including phenoxy) is 1. The Morgan fingerprint density at radius 1 is 1.21 bits per heavy atom. The Kier molecular flexibility index (Phi) is 4.63. The van der Waals surface area contributed by atoms with Crippen LogP contribution in [0.3, 0.4) is 0 Å². The summed E-state index contributed by atoms with van der Waals surface area (Å²) in [6.45, 7) is 1.23. The zero-order valence-corrected chi connectivity index (χ0v) is 10.6. The molecule has 19 heavy (non-hydrogen) atoms. The van der Waals surface area contributed by atoms with Crippen molar-refractivity contribution in [2.45, 2.75) is 0 Å². The number of para-hydroxylation sites is 1. The summed E-state index contributed by atoms with van der Waals surface area (Å²) in [6.07, 6.45) is 1.41. The standard InChI is InChI=1S/C13H15FN4O/c1-19-7-6-15-12-8-13(17-9-16-12)18-11-5-3-2-4-10(11)14/h2-5,8-9H,6-7H2,1H3,(H2,15,16,17,18). The second kappa shape index (κ2) is 6.65. The lowest BCUT2D eigenvalue weighted by Crippen LogP contribution is -2.09. The van der Waals surface area contributed by atoms with Gasteiger partial charge in [-0.25, -0.2) is 14.4 Å². The summed E-state index contributed by atoms with van der Waals surface area (Å²) in [5.74, 6) is 0.862. The number of methoxy groups -OCH3 is 1. The molecule has 2 aromatic rings. The lowest BCUT2D eigenvalue weighted by atomic mass is 10.3. The minimum absolute atomic E-state index is 0.324. The van der Waals surface area contributed by atoms with Gasteiger partial charge in [0.15, 0.2) is 0 Å². The van der Waals surface area contributed by atoms with Crippen molar-refractivity contribution in [1.29, 1.82) is 0 Å². The van der Waals surface area contributed by atoms with Crippen molar-refractivity contribution in [1.82, 2.24) is 9.97 Å². The molecule has 6 heteroatoms. The molecule has 100 valence electrons. The molecule has 0 amide bonds. The summed E-state index contributed by atoms with van der Waals surface area (Å²) in [5, 5.41) is 5.98. The normalized spacial score (nSPS) is 10.2. The number of nitrogens with one attached hydrogen (secondary N) is 2. The number of rotatable bonds is 6. The maximum atomic E-state index is 13.5. The predicted molar refractivity (Wildman–Crippen MR) is 72.1 cm³/mol. The Bertz CT molecular complexity index is 536. The molecular formula is C13H15FN4O. The van der Waals surface area contributed by atoms with Crippen molar-refractivity contribution < 1.29 is 9.13 Å². The van der Waals surface area contributed by atoms with Gasteiger partial charge in [0.05, 0.1) is 12.3 Å². The first-order chi connectivity index (χ1) is 9.29. The van der Waals surface area contributed by atoms with Gasteiger partial charge < -0.3 is 15.4 Å². The lowest BCUT2D eigenvalue weighted by molar-refractivity contribution is 0.210. The molecule has 0 spiro atoms. The van der Waals surface area contributed by atoms with E-state index in [4.69, 9.17) is 4.74 Å². The first kappa shape index (κ1) is 13.2. The zero-order valence-electron chi connectivity index (χ0n) is 10.6. The number of hydrogen-bond acceptors (Lipinski definition) is 5. The van der Waals surface area contributed by atoms with Crippen LogP contribution in [0.25, 0.3) is 0 Å². The molecule has 0 fully saturated rings. The molecular weight excluding hydrogens is 247 g/mol. The fraction of sp³-hybridized carbons (Fsp3) is 0.231. The van der Waals surface area contributed by atoms with Crippen molar-refractivity contribution in [3.8, 4) is 0 Å². The van der Waals surface area contributed by atoms with Gasteiger partial charge in [-0.15, -0.1) is 0 Å². The first-order valence-electron chi connectivity index (χ1n) is 5.86. The summed E-state index contributed by atoms with van der Waals surface area (Å²) < 4.78 is 18.4. The maximum Gasteiger partial charge on any atom is 0.146 e. The number of aromatic nitrogens is 2. The van der Waals surface area contributed by atoms with Crippen molar-refractivity contribution in [3.63, 3.8) is 0 Å². The van der Waals surface area contributed by atoms with Crippen LogP contribution in [-0.4, -0.2) is 30.2 Å². The van der Waals surface area contributed by atoms with E-state index in [9.17, 15) is 4.39 Å². The molecule has 0 saturated carbocycles. The van der Waals surface area contributed by atoms with Crippen LogP contribution in [0.1, 0.15) is 0 Å². The molecule has 0 atom stereocenters. The maximum absolute atomic E-state index is 13.5. The van der Waals surface area contributed by atoms with E-state index in [2.05, 4.69) is 20.6 Å². The van der Waals surface area contributed by atoms with Gasteiger partial charge in [0.25, 0.3) is 0 Å². The molecule has 0 aliphatic carbocycles. The molecule has 5 nitrogen and oxygen atoms in total. The molecule has 0 unspecified atom stereocenters. The third-order valence-electron chi connectivity index (χ3n) is 2.42. The third-order valence-corrected chi connectivity index (χ3v) is 2.42. The molecule has 1 aromatic carbocycles. The number of anilines is 3. The molecule has 0 aliphatic heterocycles. The summed E-state index contributed by atoms with van der Waals surface area (Å²) in [4.78, 5) is 8.11. The lowest BCUT2D eigenvalue weighted by Gasteiger charge is -2.08. The average Bonchev–Trinajstić information content (AvgIpc) is 2.42. The van der Waals surface area contributed by atoms with E-state index >= 15 is 0 Å². The fourth-order valence-corrected chi connectivity index (χ4v) is 1.50. The summed E-state index contributed by atoms with van der Waals surface area (Å²) in [6, 6.07) is 8.14. The SMILES string of the molecule is COCCNc1cc(Nc2ccccc2F)ncn1. The molecule has 0 aliphatic rings. The Balaban J connectivity index is 2.05. The van der Waals surface area contributed by atoms with E-state index < -0.39 is 0 Å². The Morgan fingerprint density at radius 3 is 2.79 bits per heavy atom. The van der Waals surface area contributed by atoms with E-state index in [-0.39, 0.29) is 5.82 Å². The molecule has 2 rings (SSSR count). The van der Waals surface area contributed by atoms with E-state index in [1.54, 1.807) is 31.4 Å². The first-order valence-corrected chi connectivity index (χ1v) is 5.86. The van der Waals surface area contributed by atoms with Crippen LogP contribution in [-0.2, 0) is 4.74 Å². The van der Waals surface area contributed by atoms with Crippen LogP contribution in [0, 0.1) is 5.82 Å². The highest BCUT2D eigenvalue weighted by Gasteiger charge is 2.03. The second-order valence-corrected chi connectivity index (χ2v) is 3.81.